The zero-order valence-electron chi connectivity index (χ0n) is 44.4. The summed E-state index contributed by atoms with van der Waals surface area (Å²) in [5.41, 5.74) is 21.9. The maximum absolute atomic E-state index is 14.4. The Balaban J connectivity index is 3.40. The van der Waals surface area contributed by atoms with Crippen molar-refractivity contribution in [1.29, 1.82) is 0 Å². The molecule has 0 radical (unpaired) electrons. The standard InChI is InChI=1S/C47H81N13O15S/c1-23(2)20-30(56-38(66)26(48)12-15-35(62)63)41(69)53-27(13-14-34(49)61)39(67)58-32(21-24(3)4)45(73)60-18-9-11-33(60)43(71)57-31(22-36(64)65)42(70)54-28(16-19-76-7)40(68)59-37(25(5)6)44(72)55-29(46(74)75)10-8-17-52-47(50)51/h23-33,37H,8-22,48H2,1-7H3,(H2,49,61)(H,53,69)(H,54,70)(H,55,72)(H,56,66)(H,57,71)(H,58,67)(H,59,68)(H,62,63)(H,64,65)(H,74,75)(H4,50,51,52)/t26-,27-,28-,29-,30-,31-,32-,33-,37-/m0/s1. The van der Waals surface area contributed by atoms with Gasteiger partial charge in [-0.25, -0.2) is 4.79 Å². The number of thioether (sulfide) groups is 1. The first-order valence-electron chi connectivity index (χ1n) is 25.2. The van der Waals surface area contributed by atoms with Crippen LogP contribution in [0.2, 0.25) is 0 Å². The summed E-state index contributed by atoms with van der Waals surface area (Å²) >= 11 is 1.31. The lowest BCUT2D eigenvalue weighted by atomic mass is 10.00. The van der Waals surface area contributed by atoms with Crippen molar-refractivity contribution >= 4 is 88.8 Å². The summed E-state index contributed by atoms with van der Waals surface area (Å²) in [4.78, 5) is 162. The van der Waals surface area contributed by atoms with Gasteiger partial charge < -0.3 is 80.4 Å². The number of hydrogen-bond donors (Lipinski definition) is 14. The third kappa shape index (κ3) is 25.2. The van der Waals surface area contributed by atoms with Gasteiger partial charge >= 0.3 is 17.9 Å². The van der Waals surface area contributed by atoms with Gasteiger partial charge in [-0.15, -0.1) is 0 Å². The SMILES string of the molecule is CSCC[C@H](NC(=O)[C@H](CC(=O)O)NC(=O)[C@@H]1CCCN1C(=O)[C@H](CC(C)C)NC(=O)[C@H](CCC(N)=O)NC(=O)[C@H](CC(C)C)NC(=O)[C@@H](N)CCC(=O)O)C(=O)N[C@H](C(=O)N[C@@H](CCCN=C(N)N)C(=O)O)C(C)C. The third-order valence-corrected chi connectivity index (χ3v) is 12.5. The predicted octanol–water partition coefficient (Wildman–Crippen LogP) is -3.06. The summed E-state index contributed by atoms with van der Waals surface area (Å²) in [6.07, 6.45) is -0.0748. The number of carbonyl (C=O) groups excluding carboxylic acids is 9. The number of nitrogens with zero attached hydrogens (tertiary/aromatic N) is 2. The smallest absolute Gasteiger partial charge is 0.326 e. The van der Waals surface area contributed by atoms with E-state index in [1.165, 1.54) is 16.7 Å². The molecule has 1 aliphatic heterocycles. The molecule has 28 nitrogen and oxygen atoms in total. The summed E-state index contributed by atoms with van der Waals surface area (Å²) in [7, 11) is 0. The van der Waals surface area contributed by atoms with Crippen LogP contribution in [0.4, 0.5) is 0 Å². The Kier molecular flexibility index (Phi) is 30.1. The number of amides is 9. The van der Waals surface area contributed by atoms with Crippen molar-refractivity contribution in [1.82, 2.24) is 42.1 Å². The van der Waals surface area contributed by atoms with Crippen LogP contribution in [0.25, 0.3) is 0 Å². The van der Waals surface area contributed by atoms with Crippen LogP contribution in [0.3, 0.4) is 0 Å². The van der Waals surface area contributed by atoms with Gasteiger partial charge in [-0.2, -0.15) is 11.8 Å². The Morgan fingerprint density at radius 2 is 1.13 bits per heavy atom. The molecule has 18 N–H and O–H groups in total. The number of aliphatic imine (C=N–C) groups is 1. The molecule has 1 aliphatic rings. The molecule has 1 fully saturated rings. The second-order valence-corrected chi connectivity index (χ2v) is 20.7. The Morgan fingerprint density at radius 1 is 0.605 bits per heavy atom. The molecule has 0 unspecified atom stereocenters. The van der Waals surface area contributed by atoms with Crippen molar-refractivity contribution in [3.05, 3.63) is 0 Å². The fraction of sp³-hybridized carbons (Fsp3) is 0.723. The van der Waals surface area contributed by atoms with Crippen LogP contribution in [-0.2, 0) is 57.5 Å². The first kappa shape index (κ1) is 67.2. The molecule has 0 spiro atoms. The van der Waals surface area contributed by atoms with E-state index in [-0.39, 0.29) is 95.1 Å². The molecule has 0 aromatic carbocycles. The van der Waals surface area contributed by atoms with Crippen molar-refractivity contribution in [2.75, 3.05) is 25.1 Å². The summed E-state index contributed by atoms with van der Waals surface area (Å²) in [5.74, 6) is -12.8. The van der Waals surface area contributed by atoms with E-state index in [1.807, 2.05) is 0 Å². The zero-order valence-corrected chi connectivity index (χ0v) is 45.2. The average Bonchev–Trinajstić information content (AvgIpc) is 3.82. The van der Waals surface area contributed by atoms with Gasteiger partial charge in [0.25, 0.3) is 0 Å². The van der Waals surface area contributed by atoms with Crippen LogP contribution < -0.4 is 60.2 Å². The molecular formula is C47H81N13O15S. The van der Waals surface area contributed by atoms with Gasteiger partial charge in [0.1, 0.15) is 48.3 Å². The maximum Gasteiger partial charge on any atom is 0.326 e. The van der Waals surface area contributed by atoms with E-state index in [0.29, 0.717) is 5.75 Å². The van der Waals surface area contributed by atoms with Crippen molar-refractivity contribution < 1.29 is 72.9 Å². The Morgan fingerprint density at radius 3 is 1.66 bits per heavy atom. The highest BCUT2D eigenvalue weighted by Gasteiger charge is 2.41. The fourth-order valence-electron chi connectivity index (χ4n) is 7.93. The van der Waals surface area contributed by atoms with Gasteiger partial charge in [0, 0.05) is 25.9 Å². The van der Waals surface area contributed by atoms with Crippen LogP contribution >= 0.6 is 11.8 Å². The van der Waals surface area contributed by atoms with Crippen molar-refractivity contribution in [2.24, 2.45) is 45.7 Å². The first-order valence-corrected chi connectivity index (χ1v) is 26.6. The predicted molar refractivity (Wildman–Crippen MR) is 278 cm³/mol. The lowest BCUT2D eigenvalue weighted by molar-refractivity contribution is -0.144. The van der Waals surface area contributed by atoms with Crippen LogP contribution in [0.15, 0.2) is 4.99 Å². The molecule has 1 rings (SSSR count). The van der Waals surface area contributed by atoms with E-state index in [1.54, 1.807) is 47.8 Å². The van der Waals surface area contributed by atoms with Gasteiger partial charge in [-0.1, -0.05) is 41.5 Å². The second-order valence-electron chi connectivity index (χ2n) is 19.8. The molecule has 9 amide bonds. The number of nitrogens with one attached hydrogen (secondary N) is 7. The molecular weight excluding hydrogens is 1020 g/mol. The van der Waals surface area contributed by atoms with E-state index in [9.17, 15) is 67.7 Å². The number of aliphatic carboxylic acids is 3. The number of carboxylic acid groups (broad SMARTS) is 3. The lowest BCUT2D eigenvalue weighted by Crippen LogP contribution is -2.60. The molecule has 1 saturated heterocycles. The Labute approximate surface area is 446 Å². The van der Waals surface area contributed by atoms with Crippen molar-refractivity contribution in [3.63, 3.8) is 0 Å². The Bertz CT molecular complexity index is 2070. The fourth-order valence-corrected chi connectivity index (χ4v) is 8.40. The molecule has 0 bridgehead atoms. The van der Waals surface area contributed by atoms with E-state index in [4.69, 9.17) is 28.0 Å². The molecule has 9 atom stereocenters. The number of rotatable bonds is 36. The number of likely N-dealkylation sites (tertiary alicyclic amines) is 1. The second kappa shape index (κ2) is 34.0. The molecule has 1 heterocycles. The number of nitrogens with two attached hydrogens (primary N) is 4. The highest BCUT2D eigenvalue weighted by atomic mass is 32.2. The average molecular weight is 1100 g/mol. The zero-order chi connectivity index (χ0) is 58.0. The van der Waals surface area contributed by atoms with E-state index >= 15 is 0 Å². The van der Waals surface area contributed by atoms with Gasteiger partial charge in [-0.3, -0.25) is 57.7 Å². The normalized spacial score (nSPS) is 16.4. The number of carbonyl (C=O) groups is 12. The minimum atomic E-state index is -1.79. The van der Waals surface area contributed by atoms with Crippen molar-refractivity contribution in [3.8, 4) is 0 Å². The highest BCUT2D eigenvalue weighted by molar-refractivity contribution is 7.98. The van der Waals surface area contributed by atoms with Gasteiger partial charge in [0.15, 0.2) is 5.96 Å². The number of hydrogen-bond acceptors (Lipinski definition) is 15. The van der Waals surface area contributed by atoms with E-state index in [2.05, 4.69) is 42.2 Å². The maximum atomic E-state index is 14.4. The van der Waals surface area contributed by atoms with Crippen LogP contribution in [0.1, 0.15) is 119 Å². The van der Waals surface area contributed by atoms with Crippen molar-refractivity contribution in [2.45, 2.75) is 173 Å². The molecule has 430 valence electrons. The third-order valence-electron chi connectivity index (χ3n) is 11.9. The monoisotopic (exact) mass is 1100 g/mol. The Hall–Kier alpha value is -6.78. The highest BCUT2D eigenvalue weighted by Crippen LogP contribution is 2.22. The van der Waals surface area contributed by atoms with Crippen LogP contribution in [-0.4, -0.2) is 177 Å². The largest absolute Gasteiger partial charge is 0.481 e. The van der Waals surface area contributed by atoms with Gasteiger partial charge in [0.05, 0.1) is 12.5 Å². The summed E-state index contributed by atoms with van der Waals surface area (Å²) in [6.45, 7) is 10.3. The molecule has 0 saturated carbocycles. The summed E-state index contributed by atoms with van der Waals surface area (Å²) in [6, 6.07) is -12.5. The summed E-state index contributed by atoms with van der Waals surface area (Å²) in [5, 5.41) is 46.1. The number of primary amides is 1. The van der Waals surface area contributed by atoms with E-state index < -0.39 is 144 Å². The van der Waals surface area contributed by atoms with Crippen LogP contribution in [0, 0.1) is 17.8 Å². The quantitative estimate of drug-likeness (QED) is 0.0168. The topological polar surface area (TPSA) is 469 Å². The van der Waals surface area contributed by atoms with Gasteiger partial charge in [0.2, 0.25) is 53.2 Å². The molecule has 0 aromatic rings. The van der Waals surface area contributed by atoms with E-state index in [0.717, 1.165) is 0 Å². The number of guanidine groups is 1. The molecule has 29 heteroatoms. The van der Waals surface area contributed by atoms with Crippen LogP contribution in [0.5, 0.6) is 0 Å². The number of carboxylic acids is 3. The molecule has 76 heavy (non-hydrogen) atoms. The minimum Gasteiger partial charge on any atom is -0.481 e. The lowest BCUT2D eigenvalue weighted by Gasteiger charge is -2.31. The molecule has 0 aliphatic carbocycles. The molecule has 0 aromatic heterocycles. The summed E-state index contributed by atoms with van der Waals surface area (Å²) < 4.78 is 0. The van der Waals surface area contributed by atoms with Gasteiger partial charge in [-0.05, 0) is 87.5 Å². The minimum absolute atomic E-state index is 0.00307. The first-order chi connectivity index (χ1) is 35.5.